The molecule has 0 aromatic heterocycles. The number of rotatable bonds is 5. The molecule has 0 rings (SSSR count). The summed E-state index contributed by atoms with van der Waals surface area (Å²) in [4.78, 5) is 10.2. The maximum atomic E-state index is 10.2. The van der Waals surface area contributed by atoms with Crippen molar-refractivity contribution in [2.75, 3.05) is 0 Å². The lowest BCUT2D eigenvalue weighted by Crippen LogP contribution is -1.72. The van der Waals surface area contributed by atoms with Gasteiger partial charge in [0.25, 0.3) is 0 Å². The van der Waals surface area contributed by atoms with E-state index in [4.69, 9.17) is 11.6 Å². The normalized spacial score (nSPS) is 11.5. The molecule has 0 N–H and O–H groups in total. The smallest absolute Gasteiger partial charge is 0.245 e. The van der Waals surface area contributed by atoms with Crippen molar-refractivity contribution in [3.05, 3.63) is 24.3 Å². The molecule has 0 radical (unpaired) electrons. The molecule has 0 aromatic rings. The highest BCUT2D eigenvalue weighted by atomic mass is 35.5. The molecule has 0 atom stereocenters. The zero-order chi connectivity index (χ0) is 8.53. The third-order valence-electron chi connectivity index (χ3n) is 1.20. The average Bonchev–Trinajstić information content (AvgIpc) is 1.96. The highest BCUT2D eigenvalue weighted by Gasteiger charge is 1.80. The molecule has 0 fully saturated rings. The van der Waals surface area contributed by atoms with E-state index in [0.717, 1.165) is 6.42 Å². The Labute approximate surface area is 72.7 Å². The molecule has 0 amide bonds. The van der Waals surface area contributed by atoms with E-state index in [2.05, 4.69) is 6.92 Å². The van der Waals surface area contributed by atoms with Crippen LogP contribution in [0.25, 0.3) is 0 Å². The number of halogens is 1. The first-order valence-corrected chi connectivity index (χ1v) is 4.18. The molecule has 0 heterocycles. The second-order valence-corrected chi connectivity index (χ2v) is 2.61. The lowest BCUT2D eigenvalue weighted by Gasteiger charge is -1.84. The second kappa shape index (κ2) is 7.55. The fourth-order valence-electron chi connectivity index (χ4n) is 0.628. The van der Waals surface area contributed by atoms with Crippen LogP contribution in [0.4, 0.5) is 0 Å². The summed E-state index contributed by atoms with van der Waals surface area (Å²) < 4.78 is 0. The van der Waals surface area contributed by atoms with Crippen LogP contribution in [0, 0.1) is 0 Å². The lowest BCUT2D eigenvalue weighted by molar-refractivity contribution is -0.107. The van der Waals surface area contributed by atoms with E-state index in [9.17, 15) is 4.79 Å². The molecule has 0 saturated heterocycles. The first kappa shape index (κ1) is 10.4. The molecule has 0 aromatic carbocycles. The number of unbranched alkanes of at least 4 members (excludes halogenated alkanes) is 2. The van der Waals surface area contributed by atoms with E-state index < -0.39 is 5.24 Å². The van der Waals surface area contributed by atoms with E-state index in [1.807, 2.05) is 12.2 Å². The van der Waals surface area contributed by atoms with Crippen LogP contribution in [-0.2, 0) is 4.79 Å². The first-order valence-electron chi connectivity index (χ1n) is 3.80. The first-order chi connectivity index (χ1) is 5.27. The molecule has 0 spiro atoms. The van der Waals surface area contributed by atoms with Crippen molar-refractivity contribution in [3.63, 3.8) is 0 Å². The van der Waals surface area contributed by atoms with Gasteiger partial charge in [-0.15, -0.1) is 0 Å². The van der Waals surface area contributed by atoms with Crippen molar-refractivity contribution in [2.24, 2.45) is 0 Å². The average molecular weight is 173 g/mol. The van der Waals surface area contributed by atoms with Crippen LogP contribution in [0.15, 0.2) is 24.3 Å². The van der Waals surface area contributed by atoms with Gasteiger partial charge in [0, 0.05) is 0 Å². The summed E-state index contributed by atoms with van der Waals surface area (Å²) >= 11 is 5.06. The second-order valence-electron chi connectivity index (χ2n) is 2.23. The quantitative estimate of drug-likeness (QED) is 0.270. The van der Waals surface area contributed by atoms with Crippen molar-refractivity contribution in [2.45, 2.75) is 26.2 Å². The van der Waals surface area contributed by atoms with Gasteiger partial charge in [-0.1, -0.05) is 38.0 Å². The van der Waals surface area contributed by atoms with Crippen molar-refractivity contribution < 1.29 is 4.79 Å². The van der Waals surface area contributed by atoms with Crippen molar-refractivity contribution >= 4 is 16.8 Å². The third kappa shape index (κ3) is 9.44. The standard InChI is InChI=1S/C9H13ClO/c1-2-3-4-5-6-7-8-9(10)11/h5-8H,2-4H2,1H3. The summed E-state index contributed by atoms with van der Waals surface area (Å²) in [6.45, 7) is 2.14. The number of hydrogen-bond acceptors (Lipinski definition) is 1. The summed E-state index contributed by atoms with van der Waals surface area (Å²) in [7, 11) is 0. The molecular formula is C9H13ClO. The molecule has 11 heavy (non-hydrogen) atoms. The van der Waals surface area contributed by atoms with E-state index in [1.54, 1.807) is 6.08 Å². The lowest BCUT2D eigenvalue weighted by atomic mass is 10.2. The Morgan fingerprint density at radius 1 is 1.45 bits per heavy atom. The zero-order valence-corrected chi connectivity index (χ0v) is 7.47. The van der Waals surface area contributed by atoms with Gasteiger partial charge in [0.15, 0.2) is 0 Å². The molecule has 1 nitrogen and oxygen atoms in total. The van der Waals surface area contributed by atoms with Crippen LogP contribution in [0.1, 0.15) is 26.2 Å². The molecule has 0 aliphatic rings. The molecule has 0 saturated carbocycles. The summed E-state index contributed by atoms with van der Waals surface area (Å²) in [6, 6.07) is 0. The Bertz CT molecular complexity index is 159. The Hall–Kier alpha value is -0.560. The van der Waals surface area contributed by atoms with Crippen molar-refractivity contribution in [1.82, 2.24) is 0 Å². The van der Waals surface area contributed by atoms with Gasteiger partial charge in [-0.25, -0.2) is 0 Å². The predicted octanol–water partition coefficient (Wildman–Crippen LogP) is 3.05. The SMILES string of the molecule is CCCCC=CC=CC(=O)Cl. The fraction of sp³-hybridized carbons (Fsp3) is 0.444. The number of allylic oxidation sites excluding steroid dienone is 4. The topological polar surface area (TPSA) is 17.1 Å². The van der Waals surface area contributed by atoms with Crippen LogP contribution in [0.5, 0.6) is 0 Å². The summed E-state index contributed by atoms with van der Waals surface area (Å²) in [5, 5.41) is -0.426. The highest BCUT2D eigenvalue weighted by Crippen LogP contribution is 1.95. The number of hydrogen-bond donors (Lipinski definition) is 0. The molecule has 0 aliphatic heterocycles. The number of carbonyl (C=O) groups excluding carboxylic acids is 1. The van der Waals surface area contributed by atoms with Crippen LogP contribution >= 0.6 is 11.6 Å². The van der Waals surface area contributed by atoms with Crippen LogP contribution < -0.4 is 0 Å². The third-order valence-corrected chi connectivity index (χ3v) is 1.32. The molecule has 0 bridgehead atoms. The van der Waals surface area contributed by atoms with E-state index in [1.165, 1.54) is 18.9 Å². The van der Waals surface area contributed by atoms with Gasteiger partial charge in [-0.2, -0.15) is 0 Å². The summed E-state index contributed by atoms with van der Waals surface area (Å²) in [6.07, 6.45) is 10.3. The van der Waals surface area contributed by atoms with Gasteiger partial charge in [0.2, 0.25) is 5.24 Å². The Morgan fingerprint density at radius 2 is 2.18 bits per heavy atom. The maximum Gasteiger partial charge on any atom is 0.245 e. The Morgan fingerprint density at radius 3 is 2.73 bits per heavy atom. The Balaban J connectivity index is 3.36. The largest absolute Gasteiger partial charge is 0.276 e. The molecule has 0 aliphatic carbocycles. The fourth-order valence-corrected chi connectivity index (χ4v) is 0.701. The van der Waals surface area contributed by atoms with Gasteiger partial charge in [-0.3, -0.25) is 4.79 Å². The van der Waals surface area contributed by atoms with Gasteiger partial charge in [-0.05, 0) is 24.1 Å². The number of carbonyl (C=O) groups is 1. The zero-order valence-electron chi connectivity index (χ0n) is 6.72. The minimum absolute atomic E-state index is 0.426. The monoisotopic (exact) mass is 172 g/mol. The molecule has 0 unspecified atom stereocenters. The van der Waals surface area contributed by atoms with Crippen LogP contribution in [0.2, 0.25) is 0 Å². The summed E-state index contributed by atoms with van der Waals surface area (Å²) in [5.41, 5.74) is 0. The van der Waals surface area contributed by atoms with Crippen molar-refractivity contribution in [1.29, 1.82) is 0 Å². The highest BCUT2D eigenvalue weighted by molar-refractivity contribution is 6.66. The van der Waals surface area contributed by atoms with Gasteiger partial charge >= 0.3 is 0 Å². The minimum atomic E-state index is -0.426. The Kier molecular flexibility index (Phi) is 7.16. The molecule has 2 heteroatoms. The molecule has 62 valence electrons. The minimum Gasteiger partial charge on any atom is -0.276 e. The van der Waals surface area contributed by atoms with Gasteiger partial charge in [0.1, 0.15) is 0 Å². The van der Waals surface area contributed by atoms with E-state index in [-0.39, 0.29) is 0 Å². The molecular weight excluding hydrogens is 160 g/mol. The van der Waals surface area contributed by atoms with Crippen LogP contribution in [-0.4, -0.2) is 5.24 Å². The van der Waals surface area contributed by atoms with Gasteiger partial charge < -0.3 is 0 Å². The predicted molar refractivity (Wildman–Crippen MR) is 48.7 cm³/mol. The van der Waals surface area contributed by atoms with Gasteiger partial charge in [0.05, 0.1) is 0 Å². The summed E-state index contributed by atoms with van der Waals surface area (Å²) in [5.74, 6) is 0. The maximum absolute atomic E-state index is 10.2. The van der Waals surface area contributed by atoms with E-state index >= 15 is 0 Å². The van der Waals surface area contributed by atoms with E-state index in [0.29, 0.717) is 0 Å². The van der Waals surface area contributed by atoms with Crippen molar-refractivity contribution in [3.8, 4) is 0 Å². The van der Waals surface area contributed by atoms with Crippen LogP contribution in [0.3, 0.4) is 0 Å².